The van der Waals surface area contributed by atoms with Gasteiger partial charge in [-0.15, -0.1) is 0 Å². The second-order valence-corrected chi connectivity index (χ2v) is 7.83. The van der Waals surface area contributed by atoms with Crippen LogP contribution in [0.5, 0.6) is 0 Å². The lowest BCUT2D eigenvalue weighted by Gasteiger charge is -2.41. The minimum Gasteiger partial charge on any atom is -0.468 e. The molecule has 0 atom stereocenters. The van der Waals surface area contributed by atoms with Gasteiger partial charge in [0.25, 0.3) is 0 Å². The molecule has 1 aromatic heterocycles. The molecule has 0 saturated carbocycles. The zero-order chi connectivity index (χ0) is 17.8. The Labute approximate surface area is 156 Å². The van der Waals surface area contributed by atoms with Crippen LogP contribution in [0.1, 0.15) is 31.4 Å². The Morgan fingerprint density at radius 1 is 1.00 bits per heavy atom. The molecule has 6 heteroatoms. The summed E-state index contributed by atoms with van der Waals surface area (Å²) in [5, 5.41) is 0. The van der Waals surface area contributed by atoms with Crippen LogP contribution in [0, 0.1) is 5.92 Å². The Morgan fingerprint density at radius 3 is 2.38 bits per heavy atom. The van der Waals surface area contributed by atoms with Gasteiger partial charge in [-0.25, -0.2) is 0 Å². The monoisotopic (exact) mass is 361 g/mol. The molecule has 0 aromatic carbocycles. The number of furan rings is 1. The fourth-order valence-electron chi connectivity index (χ4n) is 4.57. The van der Waals surface area contributed by atoms with Crippen molar-refractivity contribution in [3.63, 3.8) is 0 Å². The molecule has 4 heterocycles. The molecule has 6 nitrogen and oxygen atoms in total. The number of piperazine rings is 1. The van der Waals surface area contributed by atoms with E-state index in [2.05, 4.69) is 14.7 Å². The third-order valence-corrected chi connectivity index (χ3v) is 6.23. The highest BCUT2D eigenvalue weighted by atomic mass is 16.5. The van der Waals surface area contributed by atoms with Crippen LogP contribution in [0.25, 0.3) is 0 Å². The molecule has 0 radical (unpaired) electrons. The predicted molar refractivity (Wildman–Crippen MR) is 98.7 cm³/mol. The van der Waals surface area contributed by atoms with Crippen molar-refractivity contribution >= 4 is 5.91 Å². The Morgan fingerprint density at radius 2 is 1.73 bits per heavy atom. The zero-order valence-electron chi connectivity index (χ0n) is 15.6. The van der Waals surface area contributed by atoms with Gasteiger partial charge in [0.2, 0.25) is 5.91 Å². The average Bonchev–Trinajstić information content (AvgIpc) is 3.22. The molecule has 3 aliphatic rings. The smallest absolute Gasteiger partial charge is 0.225 e. The van der Waals surface area contributed by atoms with E-state index in [0.29, 0.717) is 11.9 Å². The largest absolute Gasteiger partial charge is 0.468 e. The van der Waals surface area contributed by atoms with Gasteiger partial charge < -0.3 is 19.0 Å². The summed E-state index contributed by atoms with van der Waals surface area (Å²) in [6.07, 6.45) is 6.06. The van der Waals surface area contributed by atoms with Crippen LogP contribution in [-0.4, -0.2) is 79.1 Å². The second kappa shape index (κ2) is 8.55. The van der Waals surface area contributed by atoms with E-state index in [4.69, 9.17) is 9.15 Å². The molecule has 3 aliphatic heterocycles. The second-order valence-electron chi connectivity index (χ2n) is 7.83. The summed E-state index contributed by atoms with van der Waals surface area (Å²) in [6.45, 7) is 8.34. The van der Waals surface area contributed by atoms with Crippen LogP contribution in [-0.2, 0) is 16.1 Å². The summed E-state index contributed by atoms with van der Waals surface area (Å²) < 4.78 is 10.9. The van der Waals surface area contributed by atoms with E-state index in [-0.39, 0.29) is 5.92 Å². The highest BCUT2D eigenvalue weighted by Crippen LogP contribution is 2.25. The lowest BCUT2D eigenvalue weighted by atomic mass is 9.92. The van der Waals surface area contributed by atoms with Crippen molar-refractivity contribution in [3.8, 4) is 0 Å². The zero-order valence-corrected chi connectivity index (χ0v) is 15.6. The Bertz CT molecular complexity index is 555. The van der Waals surface area contributed by atoms with E-state index in [1.165, 1.54) is 0 Å². The molecule has 3 saturated heterocycles. The molecule has 4 rings (SSSR count). The molecule has 1 amide bonds. The Balaban J connectivity index is 1.20. The SMILES string of the molecule is O=C(C1CCN(C2CCOCC2)CC1)N1CCN(Cc2ccco2)CC1. The summed E-state index contributed by atoms with van der Waals surface area (Å²) in [5.74, 6) is 1.61. The van der Waals surface area contributed by atoms with Gasteiger partial charge in [-0.3, -0.25) is 9.69 Å². The maximum absolute atomic E-state index is 12.9. The van der Waals surface area contributed by atoms with Crippen molar-refractivity contribution in [1.29, 1.82) is 0 Å². The number of ether oxygens (including phenoxy) is 1. The van der Waals surface area contributed by atoms with E-state index in [1.54, 1.807) is 6.26 Å². The topological polar surface area (TPSA) is 49.2 Å². The molecule has 0 unspecified atom stereocenters. The molecule has 144 valence electrons. The van der Waals surface area contributed by atoms with E-state index in [1.807, 2.05) is 12.1 Å². The van der Waals surface area contributed by atoms with E-state index in [0.717, 1.165) is 90.5 Å². The van der Waals surface area contributed by atoms with Gasteiger partial charge in [0.05, 0.1) is 12.8 Å². The summed E-state index contributed by atoms with van der Waals surface area (Å²) in [5.41, 5.74) is 0. The van der Waals surface area contributed by atoms with Crippen LogP contribution in [0.15, 0.2) is 22.8 Å². The summed E-state index contributed by atoms with van der Waals surface area (Å²) in [6, 6.07) is 4.62. The van der Waals surface area contributed by atoms with Crippen LogP contribution in [0.2, 0.25) is 0 Å². The first-order valence-corrected chi connectivity index (χ1v) is 10.1. The maximum atomic E-state index is 12.9. The number of likely N-dealkylation sites (tertiary alicyclic amines) is 1. The minimum absolute atomic E-state index is 0.225. The fraction of sp³-hybridized carbons (Fsp3) is 0.750. The first-order valence-electron chi connectivity index (χ1n) is 10.1. The van der Waals surface area contributed by atoms with Crippen LogP contribution < -0.4 is 0 Å². The molecule has 26 heavy (non-hydrogen) atoms. The summed E-state index contributed by atoms with van der Waals surface area (Å²) in [7, 11) is 0. The maximum Gasteiger partial charge on any atom is 0.225 e. The van der Waals surface area contributed by atoms with Gasteiger partial charge in [0, 0.05) is 51.4 Å². The number of nitrogens with zero attached hydrogens (tertiary/aromatic N) is 3. The standard InChI is InChI=1S/C20H31N3O3/c24-20(17-3-7-22(8-4-17)18-5-14-25-15-6-18)23-11-9-21(10-12-23)16-19-2-1-13-26-19/h1-2,13,17-18H,3-12,14-16H2. The number of amides is 1. The van der Waals surface area contributed by atoms with Gasteiger partial charge in [-0.2, -0.15) is 0 Å². The van der Waals surface area contributed by atoms with Crippen molar-refractivity contribution in [3.05, 3.63) is 24.2 Å². The molecule has 3 fully saturated rings. The lowest BCUT2D eigenvalue weighted by Crippen LogP contribution is -2.52. The Hall–Kier alpha value is -1.37. The van der Waals surface area contributed by atoms with Gasteiger partial charge in [0.1, 0.15) is 5.76 Å². The molecular formula is C20H31N3O3. The van der Waals surface area contributed by atoms with Gasteiger partial charge in [-0.1, -0.05) is 0 Å². The van der Waals surface area contributed by atoms with Gasteiger partial charge in [-0.05, 0) is 50.9 Å². The first kappa shape index (κ1) is 18.0. The van der Waals surface area contributed by atoms with Crippen molar-refractivity contribution in [2.75, 3.05) is 52.5 Å². The predicted octanol–water partition coefficient (Wildman–Crippen LogP) is 1.81. The number of carbonyl (C=O) groups is 1. The van der Waals surface area contributed by atoms with E-state index < -0.39 is 0 Å². The molecule has 0 bridgehead atoms. The first-order chi connectivity index (χ1) is 12.8. The van der Waals surface area contributed by atoms with Crippen molar-refractivity contribution < 1.29 is 13.9 Å². The minimum atomic E-state index is 0.225. The normalized spacial score (nSPS) is 24.8. The van der Waals surface area contributed by atoms with Crippen molar-refractivity contribution in [2.45, 2.75) is 38.3 Å². The number of rotatable bonds is 4. The molecule has 0 aliphatic carbocycles. The van der Waals surface area contributed by atoms with E-state index >= 15 is 0 Å². The highest BCUT2D eigenvalue weighted by molar-refractivity contribution is 5.79. The average molecular weight is 361 g/mol. The van der Waals surface area contributed by atoms with Crippen LogP contribution >= 0.6 is 0 Å². The third-order valence-electron chi connectivity index (χ3n) is 6.23. The van der Waals surface area contributed by atoms with Crippen molar-refractivity contribution in [1.82, 2.24) is 14.7 Å². The van der Waals surface area contributed by atoms with Crippen LogP contribution in [0.3, 0.4) is 0 Å². The molecule has 0 spiro atoms. The van der Waals surface area contributed by atoms with Gasteiger partial charge >= 0.3 is 0 Å². The highest BCUT2D eigenvalue weighted by Gasteiger charge is 2.32. The molecule has 0 N–H and O–H groups in total. The molecule has 1 aromatic rings. The van der Waals surface area contributed by atoms with Crippen molar-refractivity contribution in [2.24, 2.45) is 5.92 Å². The molecular weight excluding hydrogens is 330 g/mol. The van der Waals surface area contributed by atoms with E-state index in [9.17, 15) is 4.79 Å². The fourth-order valence-corrected chi connectivity index (χ4v) is 4.57. The summed E-state index contributed by atoms with van der Waals surface area (Å²) >= 11 is 0. The number of piperidine rings is 1. The number of hydrogen-bond donors (Lipinski definition) is 0. The van der Waals surface area contributed by atoms with Gasteiger partial charge in [0.15, 0.2) is 0 Å². The Kier molecular flexibility index (Phi) is 5.92. The number of hydrogen-bond acceptors (Lipinski definition) is 5. The quantitative estimate of drug-likeness (QED) is 0.819. The van der Waals surface area contributed by atoms with Crippen LogP contribution in [0.4, 0.5) is 0 Å². The lowest BCUT2D eigenvalue weighted by molar-refractivity contribution is -0.139. The third kappa shape index (κ3) is 4.30. The summed E-state index contributed by atoms with van der Waals surface area (Å²) in [4.78, 5) is 20.0. The number of carbonyl (C=O) groups excluding carboxylic acids is 1.